The van der Waals surface area contributed by atoms with Crippen LogP contribution in [0.1, 0.15) is 12.8 Å². The highest BCUT2D eigenvalue weighted by Gasteiger charge is 2.19. The molecule has 1 aliphatic carbocycles. The van der Waals surface area contributed by atoms with Crippen LogP contribution in [0.2, 0.25) is 0 Å². The van der Waals surface area contributed by atoms with E-state index in [-0.39, 0.29) is 0 Å². The van der Waals surface area contributed by atoms with E-state index in [4.69, 9.17) is 5.73 Å². The summed E-state index contributed by atoms with van der Waals surface area (Å²) >= 11 is 0. The van der Waals surface area contributed by atoms with Gasteiger partial charge >= 0.3 is 0 Å². The summed E-state index contributed by atoms with van der Waals surface area (Å²) in [5, 5.41) is 0. The van der Waals surface area contributed by atoms with E-state index in [9.17, 15) is 0 Å². The Hall–Kier alpha value is -0.790. The lowest BCUT2D eigenvalue weighted by atomic mass is 10.4. The monoisotopic (exact) mass is 124 g/mol. The second-order valence-corrected chi connectivity index (χ2v) is 2.34. The molecule has 1 fully saturated rings. The Kier molecular flexibility index (Phi) is 2.31. The van der Waals surface area contributed by atoms with Crippen LogP contribution in [0.5, 0.6) is 0 Å². The Bertz CT molecular complexity index is 123. The van der Waals surface area contributed by atoms with Gasteiger partial charge in [-0.3, -0.25) is 4.99 Å². The van der Waals surface area contributed by atoms with Gasteiger partial charge in [0.25, 0.3) is 0 Å². The summed E-state index contributed by atoms with van der Waals surface area (Å²) in [6.07, 6.45) is 7.74. The quantitative estimate of drug-likeness (QED) is 0.559. The topological polar surface area (TPSA) is 38.4 Å². The minimum absolute atomic E-state index is 0.882. The van der Waals surface area contributed by atoms with Gasteiger partial charge in [0.2, 0.25) is 0 Å². The summed E-state index contributed by atoms with van der Waals surface area (Å²) in [7, 11) is 0. The number of hydrogen-bond donors (Lipinski definition) is 1. The third-order valence-electron chi connectivity index (χ3n) is 1.36. The largest absolute Gasteiger partial charge is 0.405 e. The molecule has 0 aliphatic heterocycles. The second-order valence-electron chi connectivity index (χ2n) is 2.34. The van der Waals surface area contributed by atoms with Crippen LogP contribution in [-0.4, -0.2) is 12.8 Å². The molecule has 0 unspecified atom stereocenters. The highest BCUT2D eigenvalue weighted by molar-refractivity contribution is 5.70. The zero-order valence-electron chi connectivity index (χ0n) is 5.46. The van der Waals surface area contributed by atoms with Crippen molar-refractivity contribution in [2.75, 3.05) is 6.54 Å². The van der Waals surface area contributed by atoms with Crippen LogP contribution in [0.3, 0.4) is 0 Å². The van der Waals surface area contributed by atoms with E-state index in [2.05, 4.69) is 4.99 Å². The number of nitrogens with zero attached hydrogens (tertiary/aromatic N) is 1. The average Bonchev–Trinajstić information content (AvgIpc) is 2.63. The molecule has 0 saturated heterocycles. The van der Waals surface area contributed by atoms with Crippen LogP contribution >= 0.6 is 0 Å². The zero-order chi connectivity index (χ0) is 6.53. The first-order valence-corrected chi connectivity index (χ1v) is 3.30. The van der Waals surface area contributed by atoms with Gasteiger partial charge in [0.15, 0.2) is 0 Å². The van der Waals surface area contributed by atoms with Crippen molar-refractivity contribution in [1.82, 2.24) is 0 Å². The average molecular weight is 124 g/mol. The molecule has 1 aliphatic rings. The minimum atomic E-state index is 0.882. The molecule has 2 heteroatoms. The molecular weight excluding hydrogens is 112 g/mol. The van der Waals surface area contributed by atoms with Crippen molar-refractivity contribution in [3.63, 3.8) is 0 Å². The molecule has 0 aromatic heterocycles. The highest BCUT2D eigenvalue weighted by Crippen LogP contribution is 2.28. The lowest BCUT2D eigenvalue weighted by molar-refractivity contribution is 0.852. The predicted molar refractivity (Wildman–Crippen MR) is 39.4 cm³/mol. The van der Waals surface area contributed by atoms with Crippen LogP contribution < -0.4 is 5.73 Å². The van der Waals surface area contributed by atoms with Gasteiger partial charge in [-0.25, -0.2) is 0 Å². The summed E-state index contributed by atoms with van der Waals surface area (Å²) in [4.78, 5) is 4.13. The molecule has 1 rings (SSSR count). The van der Waals surface area contributed by atoms with E-state index in [0.717, 1.165) is 12.5 Å². The van der Waals surface area contributed by atoms with E-state index in [1.165, 1.54) is 19.0 Å². The summed E-state index contributed by atoms with van der Waals surface area (Å²) in [5.41, 5.74) is 5.09. The number of hydrogen-bond acceptors (Lipinski definition) is 2. The summed E-state index contributed by atoms with van der Waals surface area (Å²) < 4.78 is 0. The molecule has 0 amide bonds. The molecule has 50 valence electrons. The molecule has 0 aromatic carbocycles. The van der Waals surface area contributed by atoms with Crippen molar-refractivity contribution in [2.45, 2.75) is 12.8 Å². The lowest BCUT2D eigenvalue weighted by Crippen LogP contribution is -1.82. The fourth-order valence-electron chi connectivity index (χ4n) is 0.621. The molecule has 0 aromatic rings. The SMILES string of the molecule is NC=CC=NCC1CC1. The van der Waals surface area contributed by atoms with E-state index in [1.807, 2.05) is 0 Å². The van der Waals surface area contributed by atoms with Crippen molar-refractivity contribution in [3.05, 3.63) is 12.3 Å². The molecular formula is C7H12N2. The maximum atomic E-state index is 5.09. The van der Waals surface area contributed by atoms with Gasteiger partial charge < -0.3 is 5.73 Å². The molecule has 0 spiro atoms. The number of aliphatic imine (C=N–C) groups is 1. The summed E-state index contributed by atoms with van der Waals surface area (Å²) in [6.45, 7) is 0.990. The highest BCUT2D eigenvalue weighted by atomic mass is 14.7. The Balaban J connectivity index is 2.01. The first kappa shape index (κ1) is 6.33. The maximum Gasteiger partial charge on any atom is 0.0417 e. The Morgan fingerprint density at radius 1 is 1.56 bits per heavy atom. The fourth-order valence-corrected chi connectivity index (χ4v) is 0.621. The van der Waals surface area contributed by atoms with Crippen LogP contribution in [0.25, 0.3) is 0 Å². The van der Waals surface area contributed by atoms with E-state index < -0.39 is 0 Å². The smallest absolute Gasteiger partial charge is 0.0417 e. The number of rotatable bonds is 3. The lowest BCUT2D eigenvalue weighted by Gasteiger charge is -1.82. The molecule has 0 atom stereocenters. The predicted octanol–water partition coefficient (Wildman–Crippen LogP) is 0.940. The molecule has 1 saturated carbocycles. The minimum Gasteiger partial charge on any atom is -0.405 e. The zero-order valence-corrected chi connectivity index (χ0v) is 5.46. The third-order valence-corrected chi connectivity index (χ3v) is 1.36. The standard InChI is InChI=1S/C7H12N2/c8-4-1-5-9-6-7-2-3-7/h1,4-5,7H,2-3,6,8H2. The van der Waals surface area contributed by atoms with Crippen molar-refractivity contribution in [1.29, 1.82) is 0 Å². The van der Waals surface area contributed by atoms with Crippen LogP contribution in [0.4, 0.5) is 0 Å². The van der Waals surface area contributed by atoms with Crippen molar-refractivity contribution in [3.8, 4) is 0 Å². The molecule has 9 heavy (non-hydrogen) atoms. The van der Waals surface area contributed by atoms with Crippen molar-refractivity contribution >= 4 is 6.21 Å². The molecule has 0 bridgehead atoms. The van der Waals surface area contributed by atoms with E-state index >= 15 is 0 Å². The molecule has 2 nitrogen and oxygen atoms in total. The van der Waals surface area contributed by atoms with Gasteiger partial charge in [-0.1, -0.05) is 0 Å². The van der Waals surface area contributed by atoms with E-state index in [0.29, 0.717) is 0 Å². The molecule has 2 N–H and O–H groups in total. The number of nitrogens with two attached hydrogens (primary N) is 1. The second kappa shape index (κ2) is 3.28. The summed E-state index contributed by atoms with van der Waals surface area (Å²) in [5.74, 6) is 0.882. The van der Waals surface area contributed by atoms with Gasteiger partial charge in [-0.2, -0.15) is 0 Å². The fraction of sp³-hybridized carbons (Fsp3) is 0.571. The van der Waals surface area contributed by atoms with Gasteiger partial charge in [-0.05, 0) is 31.0 Å². The van der Waals surface area contributed by atoms with E-state index in [1.54, 1.807) is 12.3 Å². The first-order valence-electron chi connectivity index (χ1n) is 3.30. The Labute approximate surface area is 55.5 Å². The van der Waals surface area contributed by atoms with Crippen LogP contribution in [0, 0.1) is 5.92 Å². The van der Waals surface area contributed by atoms with Crippen LogP contribution in [-0.2, 0) is 0 Å². The molecule has 0 radical (unpaired) electrons. The van der Waals surface area contributed by atoms with Gasteiger partial charge in [-0.15, -0.1) is 0 Å². The summed E-state index contributed by atoms with van der Waals surface area (Å²) in [6, 6.07) is 0. The normalized spacial score (nSPS) is 20.0. The van der Waals surface area contributed by atoms with Crippen LogP contribution in [0.15, 0.2) is 17.3 Å². The maximum absolute atomic E-state index is 5.09. The number of allylic oxidation sites excluding steroid dienone is 1. The van der Waals surface area contributed by atoms with Gasteiger partial charge in [0.05, 0.1) is 0 Å². The van der Waals surface area contributed by atoms with Crippen molar-refractivity contribution < 1.29 is 0 Å². The third kappa shape index (κ3) is 2.90. The first-order chi connectivity index (χ1) is 4.43. The van der Waals surface area contributed by atoms with Crippen molar-refractivity contribution in [2.24, 2.45) is 16.6 Å². The Morgan fingerprint density at radius 2 is 2.33 bits per heavy atom. The Morgan fingerprint density at radius 3 is 2.89 bits per heavy atom. The molecule has 0 heterocycles. The van der Waals surface area contributed by atoms with Gasteiger partial charge in [0, 0.05) is 12.8 Å². The van der Waals surface area contributed by atoms with Gasteiger partial charge in [0.1, 0.15) is 0 Å².